The quantitative estimate of drug-likeness (QED) is 0.589. The van der Waals surface area contributed by atoms with E-state index in [1.165, 1.54) is 7.11 Å². The van der Waals surface area contributed by atoms with Gasteiger partial charge in [0.15, 0.2) is 0 Å². The lowest BCUT2D eigenvalue weighted by Gasteiger charge is -2.24. The van der Waals surface area contributed by atoms with Crippen molar-refractivity contribution in [2.75, 3.05) is 26.9 Å². The average Bonchev–Trinajstić information content (AvgIpc) is 2.37. The van der Waals surface area contributed by atoms with E-state index in [4.69, 9.17) is 4.74 Å². The van der Waals surface area contributed by atoms with Gasteiger partial charge in [0, 0.05) is 19.8 Å². The van der Waals surface area contributed by atoms with Crippen molar-refractivity contribution in [1.29, 1.82) is 0 Å². The summed E-state index contributed by atoms with van der Waals surface area (Å²) in [6, 6.07) is 0. The van der Waals surface area contributed by atoms with Crippen LogP contribution in [0, 0.1) is 17.8 Å². The molecule has 0 radical (unpaired) electrons. The summed E-state index contributed by atoms with van der Waals surface area (Å²) in [6.45, 7) is 5.81. The lowest BCUT2D eigenvalue weighted by atomic mass is 9.94. The van der Waals surface area contributed by atoms with Crippen LogP contribution < -0.4 is 5.32 Å². The first-order valence-corrected chi connectivity index (χ1v) is 6.49. The third-order valence-electron chi connectivity index (χ3n) is 3.31. The molecule has 104 valence electrons. The van der Waals surface area contributed by atoms with Crippen molar-refractivity contribution >= 4 is 11.9 Å². The molecule has 0 saturated carbocycles. The van der Waals surface area contributed by atoms with Crippen molar-refractivity contribution < 1.29 is 19.1 Å². The summed E-state index contributed by atoms with van der Waals surface area (Å²) >= 11 is 0. The van der Waals surface area contributed by atoms with E-state index in [9.17, 15) is 9.59 Å². The van der Waals surface area contributed by atoms with E-state index >= 15 is 0 Å². The number of hydrogen-bond donors (Lipinski definition) is 1. The molecule has 0 spiro atoms. The van der Waals surface area contributed by atoms with Crippen LogP contribution in [0.5, 0.6) is 0 Å². The number of nitrogens with one attached hydrogen (secondary N) is 1. The van der Waals surface area contributed by atoms with Gasteiger partial charge in [0.05, 0.1) is 7.11 Å². The summed E-state index contributed by atoms with van der Waals surface area (Å²) in [5.74, 6) is -1.02. The van der Waals surface area contributed by atoms with Crippen LogP contribution in [0.2, 0.25) is 0 Å². The second-order valence-corrected chi connectivity index (χ2v) is 5.05. The highest BCUT2D eigenvalue weighted by molar-refractivity contribution is 5.97. The maximum Gasteiger partial charge on any atom is 0.318 e. The molecule has 0 aliphatic carbocycles. The first-order chi connectivity index (χ1) is 8.56. The Bertz CT molecular complexity index is 285. The summed E-state index contributed by atoms with van der Waals surface area (Å²) in [6.07, 6.45) is 1.93. The van der Waals surface area contributed by atoms with Crippen LogP contribution in [-0.4, -0.2) is 38.7 Å². The Morgan fingerprint density at radius 3 is 2.44 bits per heavy atom. The van der Waals surface area contributed by atoms with E-state index < -0.39 is 11.9 Å². The predicted octanol–water partition coefficient (Wildman–Crippen LogP) is 0.974. The van der Waals surface area contributed by atoms with Gasteiger partial charge in [-0.3, -0.25) is 9.59 Å². The molecule has 1 saturated heterocycles. The minimum Gasteiger partial charge on any atom is -0.468 e. The van der Waals surface area contributed by atoms with Gasteiger partial charge >= 0.3 is 5.97 Å². The summed E-state index contributed by atoms with van der Waals surface area (Å²) in [4.78, 5) is 23.5. The second kappa shape index (κ2) is 7.36. The van der Waals surface area contributed by atoms with Crippen LogP contribution in [-0.2, 0) is 19.1 Å². The molecule has 5 heteroatoms. The van der Waals surface area contributed by atoms with Crippen LogP contribution in [0.1, 0.15) is 26.7 Å². The van der Waals surface area contributed by atoms with Gasteiger partial charge in [0.25, 0.3) is 0 Å². The van der Waals surface area contributed by atoms with Crippen LogP contribution in [0.4, 0.5) is 0 Å². The van der Waals surface area contributed by atoms with E-state index in [1.807, 2.05) is 13.8 Å². The van der Waals surface area contributed by atoms with Crippen molar-refractivity contribution in [2.24, 2.45) is 17.8 Å². The molecule has 1 amide bonds. The van der Waals surface area contributed by atoms with Gasteiger partial charge in [0.2, 0.25) is 5.91 Å². The molecular formula is C13H23NO4. The van der Waals surface area contributed by atoms with Gasteiger partial charge in [-0.25, -0.2) is 0 Å². The topological polar surface area (TPSA) is 64.6 Å². The summed E-state index contributed by atoms with van der Waals surface area (Å²) in [5, 5.41) is 2.85. The number of methoxy groups -OCH3 is 1. The van der Waals surface area contributed by atoms with Crippen LogP contribution in [0.15, 0.2) is 0 Å². The predicted molar refractivity (Wildman–Crippen MR) is 66.9 cm³/mol. The summed E-state index contributed by atoms with van der Waals surface area (Å²) in [5.41, 5.74) is 0. The summed E-state index contributed by atoms with van der Waals surface area (Å²) < 4.78 is 9.93. The lowest BCUT2D eigenvalue weighted by molar-refractivity contribution is -0.152. The largest absolute Gasteiger partial charge is 0.468 e. The Hall–Kier alpha value is -1.10. The highest BCUT2D eigenvalue weighted by Crippen LogP contribution is 2.16. The van der Waals surface area contributed by atoms with Crippen LogP contribution in [0.3, 0.4) is 0 Å². The Labute approximate surface area is 108 Å². The molecule has 1 fully saturated rings. The van der Waals surface area contributed by atoms with E-state index in [1.54, 1.807) is 0 Å². The van der Waals surface area contributed by atoms with E-state index in [-0.39, 0.29) is 11.8 Å². The standard InChI is InChI=1S/C13H23NO4/c1-9(2)11(13(16)17-3)12(15)14-8-10-4-6-18-7-5-10/h9-11H,4-8H2,1-3H3,(H,14,15). The van der Waals surface area contributed by atoms with Gasteiger partial charge in [-0.2, -0.15) is 0 Å². The fraction of sp³-hybridized carbons (Fsp3) is 0.846. The number of rotatable bonds is 5. The van der Waals surface area contributed by atoms with Gasteiger partial charge in [0.1, 0.15) is 5.92 Å². The molecule has 1 aliphatic rings. The smallest absolute Gasteiger partial charge is 0.318 e. The second-order valence-electron chi connectivity index (χ2n) is 5.05. The van der Waals surface area contributed by atoms with Gasteiger partial charge in [-0.15, -0.1) is 0 Å². The van der Waals surface area contributed by atoms with Crippen molar-refractivity contribution in [3.63, 3.8) is 0 Å². The van der Waals surface area contributed by atoms with E-state index in [2.05, 4.69) is 10.1 Å². The zero-order valence-corrected chi connectivity index (χ0v) is 11.4. The van der Waals surface area contributed by atoms with Crippen LogP contribution in [0.25, 0.3) is 0 Å². The molecule has 0 aromatic carbocycles. The summed E-state index contributed by atoms with van der Waals surface area (Å²) in [7, 11) is 1.31. The van der Waals surface area contributed by atoms with Crippen molar-refractivity contribution in [3.8, 4) is 0 Å². The first kappa shape index (κ1) is 15.0. The van der Waals surface area contributed by atoms with E-state index in [0.29, 0.717) is 12.5 Å². The van der Waals surface area contributed by atoms with E-state index in [0.717, 1.165) is 26.1 Å². The Morgan fingerprint density at radius 2 is 1.94 bits per heavy atom. The molecular weight excluding hydrogens is 234 g/mol. The monoisotopic (exact) mass is 257 g/mol. The Morgan fingerprint density at radius 1 is 1.33 bits per heavy atom. The molecule has 1 rings (SSSR count). The molecule has 5 nitrogen and oxygen atoms in total. The molecule has 1 heterocycles. The maximum absolute atomic E-state index is 12.0. The molecule has 1 atom stereocenters. The number of esters is 1. The first-order valence-electron chi connectivity index (χ1n) is 6.49. The zero-order chi connectivity index (χ0) is 13.5. The Balaban J connectivity index is 2.43. The fourth-order valence-electron chi connectivity index (χ4n) is 2.11. The van der Waals surface area contributed by atoms with Gasteiger partial charge in [-0.05, 0) is 24.7 Å². The minimum absolute atomic E-state index is 0.0628. The third-order valence-corrected chi connectivity index (χ3v) is 3.31. The molecule has 1 N–H and O–H groups in total. The fourth-order valence-corrected chi connectivity index (χ4v) is 2.11. The maximum atomic E-state index is 12.0. The molecule has 1 aliphatic heterocycles. The van der Waals surface area contributed by atoms with Crippen molar-refractivity contribution in [2.45, 2.75) is 26.7 Å². The van der Waals surface area contributed by atoms with Gasteiger partial charge in [-0.1, -0.05) is 13.8 Å². The normalized spacial score (nSPS) is 18.4. The van der Waals surface area contributed by atoms with Crippen LogP contribution >= 0.6 is 0 Å². The molecule has 0 aromatic heterocycles. The Kier molecular flexibility index (Phi) is 6.12. The number of carbonyl (C=O) groups excluding carboxylic acids is 2. The molecule has 0 aromatic rings. The highest BCUT2D eigenvalue weighted by atomic mass is 16.5. The third kappa shape index (κ3) is 4.29. The number of hydrogen-bond acceptors (Lipinski definition) is 4. The number of carbonyl (C=O) groups is 2. The number of ether oxygens (including phenoxy) is 2. The van der Waals surface area contributed by atoms with Crippen molar-refractivity contribution in [1.82, 2.24) is 5.32 Å². The number of amides is 1. The highest BCUT2D eigenvalue weighted by Gasteiger charge is 2.31. The zero-order valence-electron chi connectivity index (χ0n) is 11.4. The minimum atomic E-state index is -0.713. The average molecular weight is 257 g/mol. The molecule has 0 bridgehead atoms. The SMILES string of the molecule is COC(=O)C(C(=O)NCC1CCOCC1)C(C)C. The lowest BCUT2D eigenvalue weighted by Crippen LogP contribution is -2.41. The van der Waals surface area contributed by atoms with Crippen molar-refractivity contribution in [3.05, 3.63) is 0 Å². The molecule has 18 heavy (non-hydrogen) atoms. The molecule has 1 unspecified atom stereocenters. The van der Waals surface area contributed by atoms with Gasteiger partial charge < -0.3 is 14.8 Å².